The second-order valence-corrected chi connectivity index (χ2v) is 3.20. The van der Waals surface area contributed by atoms with Gasteiger partial charge < -0.3 is 11.1 Å². The van der Waals surface area contributed by atoms with Crippen molar-refractivity contribution in [1.82, 2.24) is 5.32 Å². The van der Waals surface area contributed by atoms with Gasteiger partial charge in [-0.15, -0.1) is 0 Å². The van der Waals surface area contributed by atoms with E-state index >= 15 is 0 Å². The van der Waals surface area contributed by atoms with Gasteiger partial charge in [0.2, 0.25) is 5.91 Å². The van der Waals surface area contributed by atoms with Crippen LogP contribution in [-0.2, 0) is 4.79 Å². The molecule has 0 aliphatic rings. The summed E-state index contributed by atoms with van der Waals surface area (Å²) in [5.41, 5.74) is 5.63. The van der Waals surface area contributed by atoms with Crippen molar-refractivity contribution < 1.29 is 13.6 Å². The molecular weight excluding hydrogens is 214 g/mol. The molecule has 16 heavy (non-hydrogen) atoms. The van der Waals surface area contributed by atoms with E-state index in [2.05, 4.69) is 5.32 Å². The maximum absolute atomic E-state index is 13.3. The van der Waals surface area contributed by atoms with Gasteiger partial charge in [-0.3, -0.25) is 4.79 Å². The van der Waals surface area contributed by atoms with E-state index in [9.17, 15) is 13.6 Å². The van der Waals surface area contributed by atoms with E-state index < -0.39 is 11.6 Å². The lowest BCUT2D eigenvalue weighted by Gasteiger charge is -2.03. The normalized spacial score (nSPS) is 10.7. The highest BCUT2D eigenvalue weighted by Gasteiger charge is 2.08. The Morgan fingerprint density at radius 3 is 2.81 bits per heavy atom. The summed E-state index contributed by atoms with van der Waals surface area (Å²) in [7, 11) is 0. The molecule has 0 saturated heterocycles. The molecule has 0 atom stereocenters. The maximum atomic E-state index is 13.3. The molecule has 0 spiro atoms. The lowest BCUT2D eigenvalue weighted by Crippen LogP contribution is -2.19. The minimum absolute atomic E-state index is 0.00893. The molecule has 3 N–H and O–H groups in total. The Labute approximate surface area is 91.9 Å². The molecule has 1 aromatic rings. The second-order valence-electron chi connectivity index (χ2n) is 3.20. The van der Waals surface area contributed by atoms with Gasteiger partial charge in [-0.2, -0.15) is 0 Å². The Morgan fingerprint density at radius 1 is 1.50 bits per heavy atom. The number of anilines is 1. The van der Waals surface area contributed by atoms with Crippen LogP contribution in [0.4, 0.5) is 14.5 Å². The fraction of sp³-hybridized carbons (Fsp3) is 0.182. The number of carbonyl (C=O) groups excluding carboxylic acids is 1. The fourth-order valence-corrected chi connectivity index (χ4v) is 1.13. The van der Waals surface area contributed by atoms with Crippen LogP contribution in [0, 0.1) is 11.6 Å². The largest absolute Gasteiger partial charge is 0.398 e. The van der Waals surface area contributed by atoms with Crippen molar-refractivity contribution in [3.05, 3.63) is 35.4 Å². The number of rotatable bonds is 3. The Morgan fingerprint density at radius 2 is 2.19 bits per heavy atom. The van der Waals surface area contributed by atoms with Crippen LogP contribution < -0.4 is 11.1 Å². The Kier molecular flexibility index (Phi) is 3.99. The Balaban J connectivity index is 2.80. The predicted octanol–water partition coefficient (Wildman–Crippen LogP) is 1.70. The zero-order valence-electron chi connectivity index (χ0n) is 8.76. The number of halogens is 2. The fourth-order valence-electron chi connectivity index (χ4n) is 1.13. The highest BCUT2D eigenvalue weighted by atomic mass is 19.2. The van der Waals surface area contributed by atoms with E-state index in [1.54, 1.807) is 0 Å². The van der Waals surface area contributed by atoms with Crippen LogP contribution >= 0.6 is 0 Å². The first-order chi connectivity index (χ1) is 7.52. The van der Waals surface area contributed by atoms with Gasteiger partial charge in [-0.1, -0.05) is 12.2 Å². The quantitative estimate of drug-likeness (QED) is 0.771. The third-order valence-corrected chi connectivity index (χ3v) is 1.92. The summed E-state index contributed by atoms with van der Waals surface area (Å²) in [5, 5.41) is 2.49. The van der Waals surface area contributed by atoms with Gasteiger partial charge in [-0.05, 0) is 12.1 Å². The number of nitrogens with one attached hydrogen (secondary N) is 1. The Hall–Kier alpha value is -1.91. The van der Waals surface area contributed by atoms with Crippen LogP contribution in [0.1, 0.15) is 12.5 Å². The molecule has 1 rings (SSSR count). The maximum Gasteiger partial charge on any atom is 0.217 e. The second kappa shape index (κ2) is 5.25. The van der Waals surface area contributed by atoms with E-state index in [-0.39, 0.29) is 23.7 Å². The smallest absolute Gasteiger partial charge is 0.217 e. The van der Waals surface area contributed by atoms with Gasteiger partial charge in [0.25, 0.3) is 0 Å². The van der Waals surface area contributed by atoms with Crippen molar-refractivity contribution in [2.24, 2.45) is 0 Å². The van der Waals surface area contributed by atoms with Crippen molar-refractivity contribution in [2.75, 3.05) is 12.3 Å². The molecule has 0 saturated carbocycles. The summed E-state index contributed by atoms with van der Waals surface area (Å²) in [6.07, 6.45) is 2.83. The molecule has 0 aromatic heterocycles. The molecule has 0 unspecified atom stereocenters. The molecule has 86 valence electrons. The van der Waals surface area contributed by atoms with E-state index in [1.807, 2.05) is 0 Å². The molecule has 1 amide bonds. The monoisotopic (exact) mass is 226 g/mol. The molecule has 0 bridgehead atoms. The van der Waals surface area contributed by atoms with Gasteiger partial charge in [0.1, 0.15) is 0 Å². The number of nitrogens with two attached hydrogens (primary N) is 1. The van der Waals surface area contributed by atoms with Gasteiger partial charge >= 0.3 is 0 Å². The minimum atomic E-state index is -0.987. The van der Waals surface area contributed by atoms with Gasteiger partial charge in [0.05, 0.1) is 0 Å². The average Bonchev–Trinajstić information content (AvgIpc) is 2.22. The topological polar surface area (TPSA) is 55.1 Å². The predicted molar refractivity (Wildman–Crippen MR) is 58.5 cm³/mol. The van der Waals surface area contributed by atoms with Crippen LogP contribution in [0.2, 0.25) is 0 Å². The number of hydrogen-bond donors (Lipinski definition) is 2. The molecule has 0 aliphatic heterocycles. The van der Waals surface area contributed by atoms with Gasteiger partial charge in [0.15, 0.2) is 11.6 Å². The summed E-state index contributed by atoms with van der Waals surface area (Å²) in [4.78, 5) is 10.5. The highest BCUT2D eigenvalue weighted by molar-refractivity contribution is 5.73. The van der Waals surface area contributed by atoms with Crippen LogP contribution in [-0.4, -0.2) is 12.5 Å². The SMILES string of the molecule is CC(=O)NCC=Cc1c(N)ccc(F)c1F. The molecule has 1 aromatic carbocycles. The summed E-state index contributed by atoms with van der Waals surface area (Å²) >= 11 is 0. The summed E-state index contributed by atoms with van der Waals surface area (Å²) in [6.45, 7) is 1.61. The molecule has 0 fully saturated rings. The first-order valence-electron chi connectivity index (χ1n) is 4.67. The zero-order valence-corrected chi connectivity index (χ0v) is 8.76. The van der Waals surface area contributed by atoms with Crippen molar-refractivity contribution in [3.8, 4) is 0 Å². The number of nitrogen functional groups attached to an aromatic ring is 1. The van der Waals surface area contributed by atoms with Crippen molar-refractivity contribution in [1.29, 1.82) is 0 Å². The number of hydrogen-bond acceptors (Lipinski definition) is 2. The number of benzene rings is 1. The molecule has 0 heterocycles. The molecule has 0 aliphatic carbocycles. The number of amides is 1. The van der Waals surface area contributed by atoms with E-state index in [4.69, 9.17) is 5.73 Å². The first kappa shape index (κ1) is 12.2. The molecule has 0 radical (unpaired) electrons. The highest BCUT2D eigenvalue weighted by Crippen LogP contribution is 2.19. The third kappa shape index (κ3) is 3.05. The van der Waals surface area contributed by atoms with E-state index in [0.717, 1.165) is 6.07 Å². The first-order valence-corrected chi connectivity index (χ1v) is 4.67. The van der Waals surface area contributed by atoms with Gasteiger partial charge in [0, 0.05) is 24.7 Å². The third-order valence-electron chi connectivity index (χ3n) is 1.92. The standard InChI is InChI=1S/C11H12F2N2O/c1-7(16)15-6-2-3-8-10(14)5-4-9(12)11(8)13/h2-5H,6,14H2,1H3,(H,15,16). The molecule has 3 nitrogen and oxygen atoms in total. The van der Waals surface area contributed by atoms with Crippen LogP contribution in [0.15, 0.2) is 18.2 Å². The summed E-state index contributed by atoms with van der Waals surface area (Å²) in [5.74, 6) is -2.13. The van der Waals surface area contributed by atoms with Crippen molar-refractivity contribution in [2.45, 2.75) is 6.92 Å². The van der Waals surface area contributed by atoms with E-state index in [1.165, 1.54) is 25.1 Å². The lowest BCUT2D eigenvalue weighted by molar-refractivity contribution is -0.118. The van der Waals surface area contributed by atoms with Crippen LogP contribution in [0.3, 0.4) is 0 Å². The van der Waals surface area contributed by atoms with Gasteiger partial charge in [-0.25, -0.2) is 8.78 Å². The lowest BCUT2D eigenvalue weighted by atomic mass is 10.1. The Bertz CT molecular complexity index is 430. The van der Waals surface area contributed by atoms with E-state index in [0.29, 0.717) is 0 Å². The minimum Gasteiger partial charge on any atom is -0.398 e. The van der Waals surface area contributed by atoms with Crippen LogP contribution in [0.5, 0.6) is 0 Å². The zero-order chi connectivity index (χ0) is 12.1. The van der Waals surface area contributed by atoms with Crippen LogP contribution in [0.25, 0.3) is 6.08 Å². The average molecular weight is 226 g/mol. The van der Waals surface area contributed by atoms with Crippen molar-refractivity contribution in [3.63, 3.8) is 0 Å². The summed E-state index contributed by atoms with van der Waals surface area (Å²) in [6, 6.07) is 2.26. The molecule has 5 heteroatoms. The molecular formula is C11H12F2N2O. The number of carbonyl (C=O) groups is 1. The van der Waals surface area contributed by atoms with Crippen molar-refractivity contribution >= 4 is 17.7 Å². The summed E-state index contributed by atoms with van der Waals surface area (Å²) < 4.78 is 26.1.